The molecule has 0 heterocycles. The molecule has 1 N–H and O–H groups in total. The van der Waals surface area contributed by atoms with E-state index in [0.29, 0.717) is 0 Å². The Morgan fingerprint density at radius 1 is 1.36 bits per heavy atom. The molecule has 0 aromatic heterocycles. The van der Waals surface area contributed by atoms with Crippen LogP contribution in [0.3, 0.4) is 0 Å². The van der Waals surface area contributed by atoms with Gasteiger partial charge in [-0.2, -0.15) is 18.4 Å². The van der Waals surface area contributed by atoms with Crippen LogP contribution in [0.15, 0.2) is 12.1 Å². The summed E-state index contributed by atoms with van der Waals surface area (Å²) in [6.45, 7) is 0. The van der Waals surface area contributed by atoms with E-state index in [1.807, 2.05) is 0 Å². The summed E-state index contributed by atoms with van der Waals surface area (Å²) >= 11 is 1.45. The second kappa shape index (κ2) is 3.65. The van der Waals surface area contributed by atoms with Crippen molar-refractivity contribution in [3.8, 4) is 11.8 Å². The third-order valence-corrected chi connectivity index (χ3v) is 2.43. The standard InChI is InChI=1S/C8H3F3INO/c9-8(10,11)6-5(12)2-1-4(3-13)7(6)14/h1-2,14H. The van der Waals surface area contributed by atoms with Crippen LogP contribution in [0.1, 0.15) is 11.1 Å². The SMILES string of the molecule is N#Cc1ccc(I)c(C(F)(F)F)c1O. The van der Waals surface area contributed by atoms with Crippen molar-refractivity contribution in [3.05, 3.63) is 26.8 Å². The van der Waals surface area contributed by atoms with Crippen LogP contribution in [0, 0.1) is 14.9 Å². The maximum Gasteiger partial charge on any atom is 0.421 e. The summed E-state index contributed by atoms with van der Waals surface area (Å²) in [4.78, 5) is 0. The molecule has 0 aliphatic rings. The predicted octanol–water partition coefficient (Wildman–Crippen LogP) is 2.89. The van der Waals surface area contributed by atoms with Crippen LogP contribution in [-0.2, 0) is 6.18 Å². The van der Waals surface area contributed by atoms with E-state index in [4.69, 9.17) is 10.4 Å². The quantitative estimate of drug-likeness (QED) is 0.749. The van der Waals surface area contributed by atoms with Gasteiger partial charge >= 0.3 is 6.18 Å². The van der Waals surface area contributed by atoms with Gasteiger partial charge in [-0.1, -0.05) is 0 Å². The molecule has 0 amide bonds. The van der Waals surface area contributed by atoms with Crippen LogP contribution in [0.25, 0.3) is 0 Å². The average Bonchev–Trinajstić information content (AvgIpc) is 2.02. The van der Waals surface area contributed by atoms with Crippen molar-refractivity contribution in [1.82, 2.24) is 0 Å². The lowest BCUT2D eigenvalue weighted by Gasteiger charge is -2.11. The molecule has 1 rings (SSSR count). The fraction of sp³-hybridized carbons (Fsp3) is 0.125. The summed E-state index contributed by atoms with van der Waals surface area (Å²) in [5, 5.41) is 17.6. The Kier molecular flexibility index (Phi) is 2.89. The van der Waals surface area contributed by atoms with Gasteiger partial charge in [0.15, 0.2) is 0 Å². The zero-order valence-corrected chi connectivity index (χ0v) is 8.72. The third-order valence-electron chi connectivity index (χ3n) is 1.53. The van der Waals surface area contributed by atoms with Gasteiger partial charge in [-0.25, -0.2) is 0 Å². The van der Waals surface area contributed by atoms with Gasteiger partial charge in [-0.15, -0.1) is 0 Å². The molecule has 0 aliphatic heterocycles. The predicted molar refractivity (Wildman–Crippen MR) is 50.5 cm³/mol. The highest BCUT2D eigenvalue weighted by Crippen LogP contribution is 2.40. The Labute approximate surface area is 91.1 Å². The first-order chi connectivity index (χ1) is 6.38. The maximum atomic E-state index is 12.4. The number of aromatic hydroxyl groups is 1. The van der Waals surface area contributed by atoms with Gasteiger partial charge in [-0.05, 0) is 34.7 Å². The van der Waals surface area contributed by atoms with Crippen molar-refractivity contribution < 1.29 is 18.3 Å². The molecular formula is C8H3F3INO. The minimum atomic E-state index is -4.65. The third kappa shape index (κ3) is 1.92. The zero-order chi connectivity index (χ0) is 10.9. The largest absolute Gasteiger partial charge is 0.506 e. The summed E-state index contributed by atoms with van der Waals surface area (Å²) in [5.74, 6) is -1.01. The zero-order valence-electron chi connectivity index (χ0n) is 6.56. The van der Waals surface area contributed by atoms with E-state index in [2.05, 4.69) is 0 Å². The van der Waals surface area contributed by atoms with Crippen LogP contribution in [0.5, 0.6) is 5.75 Å². The number of nitrogens with zero attached hydrogens (tertiary/aromatic N) is 1. The molecule has 0 radical (unpaired) electrons. The summed E-state index contributed by atoms with van der Waals surface area (Å²) in [6, 6.07) is 3.77. The van der Waals surface area contributed by atoms with E-state index in [-0.39, 0.29) is 9.13 Å². The molecule has 6 heteroatoms. The minimum Gasteiger partial charge on any atom is -0.506 e. The van der Waals surface area contributed by atoms with Gasteiger partial charge in [0.2, 0.25) is 0 Å². The maximum absolute atomic E-state index is 12.4. The summed E-state index contributed by atoms with van der Waals surface area (Å²) in [5.41, 5.74) is -1.53. The molecule has 0 saturated heterocycles. The fourth-order valence-corrected chi connectivity index (χ4v) is 1.67. The van der Waals surface area contributed by atoms with Gasteiger partial charge in [0.25, 0.3) is 0 Å². The number of benzene rings is 1. The van der Waals surface area contributed by atoms with E-state index in [1.54, 1.807) is 0 Å². The molecule has 2 nitrogen and oxygen atoms in total. The van der Waals surface area contributed by atoms with Crippen LogP contribution in [-0.4, -0.2) is 5.11 Å². The van der Waals surface area contributed by atoms with E-state index in [1.165, 1.54) is 28.7 Å². The highest BCUT2D eigenvalue weighted by molar-refractivity contribution is 14.1. The molecule has 14 heavy (non-hydrogen) atoms. The molecule has 0 aliphatic carbocycles. The lowest BCUT2D eigenvalue weighted by atomic mass is 10.1. The molecule has 0 atom stereocenters. The Hall–Kier alpha value is -0.970. The first-order valence-corrected chi connectivity index (χ1v) is 4.44. The topological polar surface area (TPSA) is 44.0 Å². The molecule has 0 fully saturated rings. The van der Waals surface area contributed by atoms with Crippen molar-refractivity contribution in [2.24, 2.45) is 0 Å². The number of alkyl halides is 3. The molecule has 74 valence electrons. The van der Waals surface area contributed by atoms with Gasteiger partial charge in [-0.3, -0.25) is 0 Å². The minimum absolute atomic E-state index is 0.133. The lowest BCUT2D eigenvalue weighted by molar-refractivity contribution is -0.139. The fourth-order valence-electron chi connectivity index (χ4n) is 0.926. The molecule has 1 aromatic rings. The Morgan fingerprint density at radius 3 is 2.36 bits per heavy atom. The summed E-state index contributed by atoms with van der Waals surface area (Å²) in [6.07, 6.45) is -4.65. The van der Waals surface area contributed by atoms with Crippen molar-refractivity contribution in [3.63, 3.8) is 0 Å². The highest BCUT2D eigenvalue weighted by atomic mass is 127. The number of phenolic OH excluding ortho intramolecular Hbond substituents is 1. The average molecular weight is 313 g/mol. The van der Waals surface area contributed by atoms with Crippen molar-refractivity contribution in [1.29, 1.82) is 5.26 Å². The van der Waals surface area contributed by atoms with Crippen LogP contribution in [0.2, 0.25) is 0 Å². The number of phenols is 1. The molecule has 0 saturated carbocycles. The van der Waals surface area contributed by atoms with Crippen molar-refractivity contribution >= 4 is 22.6 Å². The second-order valence-corrected chi connectivity index (χ2v) is 3.59. The second-order valence-electron chi connectivity index (χ2n) is 2.43. The Balaban J connectivity index is 3.50. The van der Waals surface area contributed by atoms with Gasteiger partial charge in [0.1, 0.15) is 17.4 Å². The number of hydrogen-bond donors (Lipinski definition) is 1. The first-order valence-electron chi connectivity index (χ1n) is 3.36. The molecular weight excluding hydrogens is 310 g/mol. The number of halogens is 4. The Bertz CT molecular complexity index is 408. The van der Waals surface area contributed by atoms with Crippen LogP contribution in [0.4, 0.5) is 13.2 Å². The highest BCUT2D eigenvalue weighted by Gasteiger charge is 2.37. The normalized spacial score (nSPS) is 11.1. The summed E-state index contributed by atoms with van der Waals surface area (Å²) in [7, 11) is 0. The van der Waals surface area contributed by atoms with E-state index in [9.17, 15) is 13.2 Å². The van der Waals surface area contributed by atoms with E-state index >= 15 is 0 Å². The number of nitriles is 1. The molecule has 0 bridgehead atoms. The Morgan fingerprint density at radius 2 is 1.93 bits per heavy atom. The molecule has 1 aromatic carbocycles. The smallest absolute Gasteiger partial charge is 0.421 e. The molecule has 0 spiro atoms. The van der Waals surface area contributed by atoms with Crippen LogP contribution < -0.4 is 0 Å². The van der Waals surface area contributed by atoms with Gasteiger partial charge in [0.05, 0.1) is 5.56 Å². The lowest BCUT2D eigenvalue weighted by Crippen LogP contribution is -2.08. The van der Waals surface area contributed by atoms with E-state index in [0.717, 1.165) is 12.1 Å². The molecule has 0 unspecified atom stereocenters. The monoisotopic (exact) mass is 313 g/mol. The van der Waals surface area contributed by atoms with Crippen molar-refractivity contribution in [2.75, 3.05) is 0 Å². The van der Waals surface area contributed by atoms with Crippen LogP contribution >= 0.6 is 22.6 Å². The van der Waals surface area contributed by atoms with Crippen molar-refractivity contribution in [2.45, 2.75) is 6.18 Å². The first kappa shape index (κ1) is 11.1. The van der Waals surface area contributed by atoms with Gasteiger partial charge < -0.3 is 5.11 Å². The summed E-state index contributed by atoms with van der Waals surface area (Å²) < 4.78 is 36.9. The number of rotatable bonds is 0. The van der Waals surface area contributed by atoms with Gasteiger partial charge in [0, 0.05) is 3.57 Å². The number of hydrogen-bond acceptors (Lipinski definition) is 2. The van der Waals surface area contributed by atoms with E-state index < -0.39 is 17.5 Å².